The Morgan fingerprint density at radius 1 is 1.12 bits per heavy atom. The molecule has 0 amide bonds. The molecule has 7 heteroatoms. The number of nitrogens with zero attached hydrogens (tertiary/aromatic N) is 1. The van der Waals surface area contributed by atoms with E-state index in [2.05, 4.69) is 0 Å². The summed E-state index contributed by atoms with van der Waals surface area (Å²) in [4.78, 5) is 0.321. The molecule has 1 atom stereocenters. The second kappa shape index (κ2) is 7.27. The van der Waals surface area contributed by atoms with Gasteiger partial charge in [0.2, 0.25) is 10.0 Å². The van der Waals surface area contributed by atoms with Gasteiger partial charge in [-0.2, -0.15) is 4.31 Å². The molecule has 0 spiro atoms. The number of thioether (sulfide) groups is 1. The molecule has 1 heterocycles. The Labute approximate surface area is 153 Å². The quantitative estimate of drug-likeness (QED) is 0.796. The topological polar surface area (TPSA) is 55.8 Å². The van der Waals surface area contributed by atoms with E-state index in [1.54, 1.807) is 54.6 Å². The first-order valence-corrected chi connectivity index (χ1v) is 10.4. The van der Waals surface area contributed by atoms with Crippen molar-refractivity contribution in [3.63, 3.8) is 0 Å². The Morgan fingerprint density at radius 2 is 1.92 bits per heavy atom. The summed E-state index contributed by atoms with van der Waals surface area (Å²) in [5.41, 5.74) is 1.73. The average Bonchev–Trinajstić information content (AvgIpc) is 3.11. The van der Waals surface area contributed by atoms with Crippen molar-refractivity contribution in [1.82, 2.24) is 4.31 Å². The third-order valence-corrected chi connectivity index (χ3v) is 7.38. The summed E-state index contributed by atoms with van der Waals surface area (Å²) in [5, 5.41) is -0.337. The fourth-order valence-corrected chi connectivity index (χ4v) is 6.24. The molecule has 2 aromatic rings. The predicted molar refractivity (Wildman–Crippen MR) is 99.8 cm³/mol. The summed E-state index contributed by atoms with van der Waals surface area (Å²) < 4.78 is 38.6. The number of ether oxygens (including phenoxy) is 2. The van der Waals surface area contributed by atoms with Crippen molar-refractivity contribution in [2.75, 3.05) is 26.5 Å². The van der Waals surface area contributed by atoms with Crippen molar-refractivity contribution in [3.05, 3.63) is 53.6 Å². The summed E-state index contributed by atoms with van der Waals surface area (Å²) in [5.74, 6) is 2.07. The molecule has 1 aliphatic heterocycles. The maximum absolute atomic E-state index is 13.2. The van der Waals surface area contributed by atoms with Crippen LogP contribution < -0.4 is 9.47 Å². The zero-order valence-electron chi connectivity index (χ0n) is 14.4. The second-order valence-electron chi connectivity index (χ2n) is 5.76. The SMILES string of the molecule is COc1ccc(OC)c([C@@H]2SCCN2S(=O)(=O)c2cccc(C)c2)c1. The van der Waals surface area contributed by atoms with Gasteiger partial charge in [-0.25, -0.2) is 8.42 Å². The van der Waals surface area contributed by atoms with Crippen molar-refractivity contribution >= 4 is 21.8 Å². The zero-order chi connectivity index (χ0) is 18.0. The standard InChI is InChI=1S/C18H21NO4S2/c1-13-5-4-6-15(11-13)25(20,21)19-9-10-24-18(19)16-12-14(22-2)7-8-17(16)23-3/h4-8,11-12,18H,9-10H2,1-3H3/t18-/m0/s1. The molecule has 0 radical (unpaired) electrons. The summed E-state index contributed by atoms with van der Waals surface area (Å²) >= 11 is 1.59. The van der Waals surface area contributed by atoms with Gasteiger partial charge in [0.15, 0.2) is 0 Å². The Kier molecular flexibility index (Phi) is 5.27. The van der Waals surface area contributed by atoms with E-state index in [4.69, 9.17) is 9.47 Å². The molecule has 25 heavy (non-hydrogen) atoms. The Morgan fingerprint density at radius 3 is 2.60 bits per heavy atom. The monoisotopic (exact) mass is 379 g/mol. The number of sulfonamides is 1. The van der Waals surface area contributed by atoms with Crippen molar-refractivity contribution in [1.29, 1.82) is 0 Å². The van der Waals surface area contributed by atoms with E-state index >= 15 is 0 Å². The molecule has 0 bridgehead atoms. The minimum Gasteiger partial charge on any atom is -0.497 e. The second-order valence-corrected chi connectivity index (χ2v) is 8.84. The van der Waals surface area contributed by atoms with Gasteiger partial charge in [0.25, 0.3) is 0 Å². The average molecular weight is 380 g/mol. The van der Waals surface area contributed by atoms with Gasteiger partial charge < -0.3 is 9.47 Å². The number of hydrogen-bond donors (Lipinski definition) is 0. The fraction of sp³-hybridized carbons (Fsp3) is 0.333. The molecule has 3 rings (SSSR count). The maximum Gasteiger partial charge on any atom is 0.244 e. The van der Waals surface area contributed by atoms with E-state index in [0.29, 0.717) is 22.9 Å². The van der Waals surface area contributed by atoms with Gasteiger partial charge in [0.05, 0.1) is 24.5 Å². The normalized spacial score (nSPS) is 18.3. The molecule has 1 saturated heterocycles. The first kappa shape index (κ1) is 18.1. The highest BCUT2D eigenvalue weighted by Crippen LogP contribution is 2.45. The van der Waals surface area contributed by atoms with Crippen molar-refractivity contribution < 1.29 is 17.9 Å². The smallest absolute Gasteiger partial charge is 0.244 e. The van der Waals surface area contributed by atoms with Crippen LogP contribution in [0.1, 0.15) is 16.5 Å². The van der Waals surface area contributed by atoms with Crippen LogP contribution in [0.25, 0.3) is 0 Å². The number of aryl methyl sites for hydroxylation is 1. The zero-order valence-corrected chi connectivity index (χ0v) is 16.1. The Hall–Kier alpha value is -1.70. The van der Waals surface area contributed by atoms with Gasteiger partial charge >= 0.3 is 0 Å². The first-order chi connectivity index (χ1) is 12.0. The lowest BCUT2D eigenvalue weighted by Crippen LogP contribution is -2.30. The lowest BCUT2D eigenvalue weighted by Gasteiger charge is -2.25. The summed E-state index contributed by atoms with van der Waals surface area (Å²) in [6, 6.07) is 12.5. The van der Waals surface area contributed by atoms with Crippen LogP contribution in [0.3, 0.4) is 0 Å². The molecule has 0 unspecified atom stereocenters. The van der Waals surface area contributed by atoms with E-state index in [1.807, 2.05) is 25.1 Å². The summed E-state index contributed by atoms with van der Waals surface area (Å²) in [7, 11) is -0.407. The lowest BCUT2D eigenvalue weighted by molar-refractivity contribution is 0.382. The number of benzene rings is 2. The van der Waals surface area contributed by atoms with E-state index in [0.717, 1.165) is 16.9 Å². The van der Waals surface area contributed by atoms with Crippen molar-refractivity contribution in [2.24, 2.45) is 0 Å². The predicted octanol–water partition coefficient (Wildman–Crippen LogP) is 3.45. The molecule has 5 nitrogen and oxygen atoms in total. The summed E-state index contributed by atoms with van der Waals surface area (Å²) in [6.45, 7) is 2.35. The molecule has 1 fully saturated rings. The number of methoxy groups -OCH3 is 2. The van der Waals surface area contributed by atoms with Crippen LogP contribution in [-0.4, -0.2) is 39.2 Å². The minimum atomic E-state index is -3.59. The molecule has 0 N–H and O–H groups in total. The third kappa shape index (κ3) is 3.49. The van der Waals surface area contributed by atoms with Crippen LogP contribution in [0, 0.1) is 6.92 Å². The number of rotatable bonds is 5. The van der Waals surface area contributed by atoms with Crippen LogP contribution in [0.15, 0.2) is 47.4 Å². The van der Waals surface area contributed by atoms with Crippen LogP contribution in [-0.2, 0) is 10.0 Å². The van der Waals surface area contributed by atoms with Crippen molar-refractivity contribution in [3.8, 4) is 11.5 Å². The minimum absolute atomic E-state index is 0.321. The third-order valence-electron chi connectivity index (χ3n) is 4.15. The molecule has 134 valence electrons. The first-order valence-electron chi connectivity index (χ1n) is 7.89. The van der Waals surface area contributed by atoms with Gasteiger partial charge in [0.1, 0.15) is 11.5 Å². The molecule has 0 aliphatic carbocycles. The Balaban J connectivity index is 2.04. The molecule has 1 aliphatic rings. The lowest BCUT2D eigenvalue weighted by atomic mass is 10.2. The molecule has 0 saturated carbocycles. The molecular formula is C18H21NO4S2. The van der Waals surface area contributed by atoms with E-state index in [1.165, 1.54) is 0 Å². The van der Waals surface area contributed by atoms with Crippen LogP contribution in [0.5, 0.6) is 11.5 Å². The molecule has 2 aromatic carbocycles. The summed E-state index contributed by atoms with van der Waals surface area (Å²) in [6.07, 6.45) is 0. The van der Waals surface area contributed by atoms with Crippen LogP contribution in [0.2, 0.25) is 0 Å². The van der Waals surface area contributed by atoms with E-state index in [-0.39, 0.29) is 5.37 Å². The highest BCUT2D eigenvalue weighted by Gasteiger charge is 2.38. The van der Waals surface area contributed by atoms with Gasteiger partial charge in [-0.05, 0) is 42.8 Å². The Bertz CT molecular complexity index is 867. The van der Waals surface area contributed by atoms with Gasteiger partial charge in [-0.1, -0.05) is 12.1 Å². The van der Waals surface area contributed by atoms with Crippen LogP contribution >= 0.6 is 11.8 Å². The van der Waals surface area contributed by atoms with Crippen LogP contribution in [0.4, 0.5) is 0 Å². The highest BCUT2D eigenvalue weighted by molar-refractivity contribution is 8.01. The fourth-order valence-electron chi connectivity index (χ4n) is 2.89. The van der Waals surface area contributed by atoms with Gasteiger partial charge in [-0.3, -0.25) is 0 Å². The van der Waals surface area contributed by atoms with E-state index < -0.39 is 10.0 Å². The molecular weight excluding hydrogens is 358 g/mol. The highest BCUT2D eigenvalue weighted by atomic mass is 32.2. The number of hydrogen-bond acceptors (Lipinski definition) is 5. The van der Waals surface area contributed by atoms with E-state index in [9.17, 15) is 8.42 Å². The maximum atomic E-state index is 13.2. The van der Waals surface area contributed by atoms with Gasteiger partial charge in [0, 0.05) is 17.9 Å². The molecule has 0 aromatic heterocycles. The van der Waals surface area contributed by atoms with Crippen molar-refractivity contribution in [2.45, 2.75) is 17.2 Å². The van der Waals surface area contributed by atoms with Gasteiger partial charge in [-0.15, -0.1) is 11.8 Å². The largest absolute Gasteiger partial charge is 0.497 e.